The molecule has 1 rings (SSSR count). The molecule has 0 aromatic carbocycles. The second-order valence-corrected chi connectivity index (χ2v) is 5.32. The molecule has 1 saturated carbocycles. The predicted molar refractivity (Wildman–Crippen MR) is 68.5 cm³/mol. The molecule has 17 heavy (non-hydrogen) atoms. The molecule has 1 fully saturated rings. The van der Waals surface area contributed by atoms with Crippen LogP contribution in [0.25, 0.3) is 0 Å². The zero-order valence-corrected chi connectivity index (χ0v) is 11.1. The van der Waals surface area contributed by atoms with Gasteiger partial charge in [0, 0.05) is 0 Å². The highest BCUT2D eigenvalue weighted by Crippen LogP contribution is 2.28. The number of aliphatic hydroxyl groups excluding tert-OH is 1. The van der Waals surface area contributed by atoms with Crippen molar-refractivity contribution in [1.29, 1.82) is 0 Å². The monoisotopic (exact) mass is 242 g/mol. The predicted octanol–water partition coefficient (Wildman–Crippen LogP) is 1.32. The van der Waals surface area contributed by atoms with Crippen LogP contribution in [0.15, 0.2) is 0 Å². The summed E-state index contributed by atoms with van der Waals surface area (Å²) >= 11 is 0. The second kappa shape index (κ2) is 5.83. The van der Waals surface area contributed by atoms with Crippen LogP contribution in [0.5, 0.6) is 0 Å². The van der Waals surface area contributed by atoms with Gasteiger partial charge in [-0.1, -0.05) is 33.1 Å². The van der Waals surface area contributed by atoms with Gasteiger partial charge < -0.3 is 16.2 Å². The third kappa shape index (κ3) is 3.19. The van der Waals surface area contributed by atoms with Crippen molar-refractivity contribution >= 4 is 5.91 Å². The van der Waals surface area contributed by atoms with Gasteiger partial charge in [-0.05, 0) is 25.7 Å². The van der Waals surface area contributed by atoms with E-state index in [1.807, 2.05) is 13.8 Å². The van der Waals surface area contributed by atoms with Crippen LogP contribution < -0.4 is 11.1 Å². The van der Waals surface area contributed by atoms with Crippen molar-refractivity contribution in [1.82, 2.24) is 5.32 Å². The van der Waals surface area contributed by atoms with Crippen molar-refractivity contribution in [3.63, 3.8) is 0 Å². The van der Waals surface area contributed by atoms with Gasteiger partial charge in [0.15, 0.2) is 0 Å². The van der Waals surface area contributed by atoms with Crippen LogP contribution in [0.3, 0.4) is 0 Å². The molecule has 100 valence electrons. The van der Waals surface area contributed by atoms with Crippen molar-refractivity contribution in [3.8, 4) is 0 Å². The third-order valence-corrected chi connectivity index (χ3v) is 4.21. The summed E-state index contributed by atoms with van der Waals surface area (Å²) in [5.41, 5.74) is 4.86. The van der Waals surface area contributed by atoms with E-state index < -0.39 is 11.1 Å². The molecule has 0 unspecified atom stereocenters. The maximum absolute atomic E-state index is 12.2. The molecule has 0 heterocycles. The van der Waals surface area contributed by atoms with Crippen LogP contribution in [0.4, 0.5) is 0 Å². The van der Waals surface area contributed by atoms with Gasteiger partial charge in [-0.3, -0.25) is 4.79 Å². The number of hydrogen-bond acceptors (Lipinski definition) is 3. The van der Waals surface area contributed by atoms with Crippen molar-refractivity contribution in [2.45, 2.75) is 69.9 Å². The van der Waals surface area contributed by atoms with Crippen molar-refractivity contribution in [3.05, 3.63) is 0 Å². The number of carbonyl (C=O) groups is 1. The fourth-order valence-corrected chi connectivity index (χ4v) is 2.49. The third-order valence-electron chi connectivity index (χ3n) is 4.21. The number of aliphatic hydroxyl groups is 1. The van der Waals surface area contributed by atoms with E-state index in [1.54, 1.807) is 0 Å². The number of nitrogens with two attached hydrogens (primary N) is 1. The molecule has 4 heteroatoms. The molecule has 0 spiro atoms. The number of nitrogens with one attached hydrogen (secondary N) is 1. The summed E-state index contributed by atoms with van der Waals surface area (Å²) in [4.78, 5) is 12.2. The number of rotatable bonds is 5. The Kier molecular flexibility index (Phi) is 4.95. The van der Waals surface area contributed by atoms with E-state index in [0.717, 1.165) is 25.7 Å². The molecular weight excluding hydrogens is 216 g/mol. The second-order valence-electron chi connectivity index (χ2n) is 5.32. The zero-order chi connectivity index (χ0) is 12.9. The molecular formula is C13H26N2O2. The Balaban J connectivity index is 2.70. The lowest BCUT2D eigenvalue weighted by Gasteiger charge is -2.39. The molecule has 0 aromatic heterocycles. The molecule has 0 radical (unpaired) electrons. The van der Waals surface area contributed by atoms with E-state index in [-0.39, 0.29) is 12.5 Å². The molecule has 0 saturated heterocycles. The molecule has 1 aliphatic rings. The van der Waals surface area contributed by atoms with E-state index >= 15 is 0 Å². The number of hydrogen-bond donors (Lipinski definition) is 3. The highest BCUT2D eigenvalue weighted by atomic mass is 16.3. The van der Waals surface area contributed by atoms with Gasteiger partial charge in [-0.15, -0.1) is 0 Å². The quantitative estimate of drug-likeness (QED) is 0.680. The summed E-state index contributed by atoms with van der Waals surface area (Å²) in [5.74, 6) is -0.113. The molecule has 0 atom stereocenters. The lowest BCUT2D eigenvalue weighted by Crippen LogP contribution is -2.61. The van der Waals surface area contributed by atoms with Crippen LogP contribution in [-0.4, -0.2) is 28.7 Å². The van der Waals surface area contributed by atoms with Crippen molar-refractivity contribution in [2.75, 3.05) is 6.61 Å². The van der Waals surface area contributed by atoms with E-state index in [4.69, 9.17) is 5.73 Å². The fourth-order valence-electron chi connectivity index (χ4n) is 2.49. The van der Waals surface area contributed by atoms with Crippen LogP contribution in [0.2, 0.25) is 0 Å². The van der Waals surface area contributed by atoms with Gasteiger partial charge >= 0.3 is 0 Å². The first-order valence-corrected chi connectivity index (χ1v) is 6.74. The Morgan fingerprint density at radius 1 is 1.29 bits per heavy atom. The van der Waals surface area contributed by atoms with E-state index in [9.17, 15) is 9.90 Å². The van der Waals surface area contributed by atoms with E-state index in [2.05, 4.69) is 5.32 Å². The molecule has 1 amide bonds. The molecule has 0 bridgehead atoms. The van der Waals surface area contributed by atoms with Crippen LogP contribution in [0, 0.1) is 0 Å². The minimum Gasteiger partial charge on any atom is -0.394 e. The summed E-state index contributed by atoms with van der Waals surface area (Å²) in [6.07, 6.45) is 6.28. The molecule has 1 aliphatic carbocycles. The van der Waals surface area contributed by atoms with Gasteiger partial charge in [0.25, 0.3) is 0 Å². The summed E-state index contributed by atoms with van der Waals surface area (Å²) in [7, 11) is 0. The lowest BCUT2D eigenvalue weighted by atomic mass is 9.81. The Labute approximate surface area is 104 Å². The smallest absolute Gasteiger partial charge is 0.240 e. The van der Waals surface area contributed by atoms with E-state index in [1.165, 1.54) is 6.42 Å². The number of carbonyl (C=O) groups excluding carboxylic acids is 1. The van der Waals surface area contributed by atoms with Gasteiger partial charge in [0.05, 0.1) is 17.7 Å². The summed E-state index contributed by atoms with van der Waals surface area (Å²) < 4.78 is 0. The standard InChI is InChI=1S/C13H26N2O2/c1-3-13(14,4-2)11(17)15-12(10-16)8-6-5-7-9-12/h16H,3-10,14H2,1-2H3,(H,15,17). The first-order chi connectivity index (χ1) is 8.02. The maximum Gasteiger partial charge on any atom is 0.240 e. The Morgan fingerprint density at radius 2 is 1.82 bits per heavy atom. The summed E-state index contributed by atoms with van der Waals surface area (Å²) in [5, 5.41) is 12.6. The Bertz CT molecular complexity index is 256. The van der Waals surface area contributed by atoms with Crippen LogP contribution in [0.1, 0.15) is 58.8 Å². The first kappa shape index (κ1) is 14.5. The maximum atomic E-state index is 12.2. The first-order valence-electron chi connectivity index (χ1n) is 6.74. The topological polar surface area (TPSA) is 75.4 Å². The van der Waals surface area contributed by atoms with Gasteiger partial charge in [-0.25, -0.2) is 0 Å². The normalized spacial score (nSPS) is 20.0. The van der Waals surface area contributed by atoms with Crippen molar-refractivity contribution < 1.29 is 9.90 Å². The van der Waals surface area contributed by atoms with Crippen LogP contribution in [-0.2, 0) is 4.79 Å². The summed E-state index contributed by atoms with van der Waals surface area (Å²) in [6, 6.07) is 0. The SMILES string of the molecule is CCC(N)(CC)C(=O)NC1(CO)CCCCC1. The molecule has 4 nitrogen and oxygen atoms in total. The number of amides is 1. The van der Waals surface area contributed by atoms with Crippen molar-refractivity contribution in [2.24, 2.45) is 5.73 Å². The van der Waals surface area contributed by atoms with Gasteiger partial charge in [0.1, 0.15) is 0 Å². The average molecular weight is 242 g/mol. The van der Waals surface area contributed by atoms with E-state index in [0.29, 0.717) is 12.8 Å². The minimum atomic E-state index is -0.792. The fraction of sp³-hybridized carbons (Fsp3) is 0.923. The Morgan fingerprint density at radius 3 is 2.24 bits per heavy atom. The minimum absolute atomic E-state index is 0.0161. The molecule has 0 aliphatic heterocycles. The Hall–Kier alpha value is -0.610. The van der Waals surface area contributed by atoms with Gasteiger partial charge in [0.2, 0.25) is 5.91 Å². The largest absolute Gasteiger partial charge is 0.394 e. The molecule has 4 N–H and O–H groups in total. The molecule has 0 aromatic rings. The summed E-state index contributed by atoms with van der Waals surface area (Å²) in [6.45, 7) is 3.87. The highest BCUT2D eigenvalue weighted by molar-refractivity contribution is 5.86. The van der Waals surface area contributed by atoms with Gasteiger partial charge in [-0.2, -0.15) is 0 Å². The average Bonchev–Trinajstić information content (AvgIpc) is 2.38. The van der Waals surface area contributed by atoms with Crippen LogP contribution >= 0.6 is 0 Å². The highest BCUT2D eigenvalue weighted by Gasteiger charge is 2.38. The lowest BCUT2D eigenvalue weighted by molar-refractivity contribution is -0.129. The zero-order valence-electron chi connectivity index (χ0n) is 11.1.